The summed E-state index contributed by atoms with van der Waals surface area (Å²) in [5, 5.41) is 15.9. The molecule has 84 valence electrons. The maximum absolute atomic E-state index is 10.6. The van der Waals surface area contributed by atoms with E-state index >= 15 is 0 Å². The van der Waals surface area contributed by atoms with E-state index in [9.17, 15) is 10.1 Å². The highest BCUT2D eigenvalue weighted by molar-refractivity contribution is 7.17. The summed E-state index contributed by atoms with van der Waals surface area (Å²) >= 11 is 1.13. The van der Waals surface area contributed by atoms with E-state index in [0.29, 0.717) is 0 Å². The van der Waals surface area contributed by atoms with Crippen molar-refractivity contribution >= 4 is 16.3 Å². The minimum Gasteiger partial charge on any atom is -0.258 e. The largest absolute Gasteiger partial charge is 0.326 e. The Morgan fingerprint density at radius 2 is 2.06 bits per heavy atom. The molecule has 16 heavy (non-hydrogen) atoms. The van der Waals surface area contributed by atoms with Gasteiger partial charge in [0.15, 0.2) is 0 Å². The molecular weight excluding hydrogens is 226 g/mol. The molecular formula is C10H11N3O2S. The number of thiophene rings is 1. The van der Waals surface area contributed by atoms with Crippen molar-refractivity contribution in [2.45, 2.75) is 20.8 Å². The average Bonchev–Trinajstić information content (AvgIpc) is 2.79. The first-order valence-electron chi connectivity index (χ1n) is 4.78. The van der Waals surface area contributed by atoms with Gasteiger partial charge in [-0.1, -0.05) is 0 Å². The molecule has 0 saturated heterocycles. The Hall–Kier alpha value is -1.69. The van der Waals surface area contributed by atoms with Crippen LogP contribution in [0.25, 0.3) is 5.00 Å². The fraction of sp³-hybridized carbons (Fsp3) is 0.300. The molecule has 6 heteroatoms. The highest BCUT2D eigenvalue weighted by Crippen LogP contribution is 2.28. The lowest BCUT2D eigenvalue weighted by Gasteiger charge is -1.98. The van der Waals surface area contributed by atoms with Gasteiger partial charge in [-0.05, 0) is 43.7 Å². The van der Waals surface area contributed by atoms with Crippen LogP contribution in [0.5, 0.6) is 0 Å². The lowest BCUT2D eigenvalue weighted by molar-refractivity contribution is -0.380. The molecule has 0 N–H and O–H groups in total. The lowest BCUT2D eigenvalue weighted by Crippen LogP contribution is -1.95. The molecule has 2 aromatic rings. The summed E-state index contributed by atoms with van der Waals surface area (Å²) in [6.07, 6.45) is 0. The second-order valence-electron chi connectivity index (χ2n) is 3.58. The molecule has 0 radical (unpaired) electrons. The number of nitro groups is 1. The predicted molar refractivity (Wildman–Crippen MR) is 62.3 cm³/mol. The van der Waals surface area contributed by atoms with E-state index in [2.05, 4.69) is 5.10 Å². The highest BCUT2D eigenvalue weighted by Gasteiger charge is 2.14. The summed E-state index contributed by atoms with van der Waals surface area (Å²) in [5.41, 5.74) is 3.10. The van der Waals surface area contributed by atoms with Crippen molar-refractivity contribution in [3.63, 3.8) is 0 Å². The van der Waals surface area contributed by atoms with Gasteiger partial charge in [-0.15, -0.1) is 0 Å². The number of aryl methyl sites for hydroxylation is 1. The Labute approximate surface area is 96.5 Å². The fourth-order valence-electron chi connectivity index (χ4n) is 1.46. The van der Waals surface area contributed by atoms with Gasteiger partial charge < -0.3 is 0 Å². The summed E-state index contributed by atoms with van der Waals surface area (Å²) < 4.78 is 1.75. The Morgan fingerprint density at radius 1 is 1.38 bits per heavy atom. The monoisotopic (exact) mass is 237 g/mol. The number of aromatic nitrogens is 2. The minimum atomic E-state index is -0.382. The lowest BCUT2D eigenvalue weighted by atomic mass is 10.2. The van der Waals surface area contributed by atoms with Crippen LogP contribution in [0.3, 0.4) is 0 Å². The van der Waals surface area contributed by atoms with Crippen LogP contribution < -0.4 is 0 Å². The summed E-state index contributed by atoms with van der Waals surface area (Å²) in [4.78, 5) is 10.2. The van der Waals surface area contributed by atoms with Crippen molar-refractivity contribution in [3.8, 4) is 5.00 Å². The molecule has 2 aromatic heterocycles. The van der Waals surface area contributed by atoms with Gasteiger partial charge in [-0.25, -0.2) is 4.68 Å². The Bertz CT molecular complexity index is 556. The third-order valence-corrected chi connectivity index (χ3v) is 3.63. The zero-order valence-corrected chi connectivity index (χ0v) is 10.0. The fourth-order valence-corrected chi connectivity index (χ4v) is 2.29. The van der Waals surface area contributed by atoms with Crippen LogP contribution in [0.2, 0.25) is 0 Å². The normalized spacial score (nSPS) is 10.7. The van der Waals surface area contributed by atoms with Crippen LogP contribution in [-0.4, -0.2) is 14.7 Å². The standard InChI is InChI=1S/C10H11N3O2S/c1-6-7(2)11-12(8(6)3)9-4-5-10(16-9)13(14)15/h4-5H,1-3H3. The first-order chi connectivity index (χ1) is 7.50. The quantitative estimate of drug-likeness (QED) is 0.596. The second-order valence-corrected chi connectivity index (χ2v) is 4.62. The van der Waals surface area contributed by atoms with Gasteiger partial charge in [0.2, 0.25) is 0 Å². The molecule has 0 spiro atoms. The second kappa shape index (κ2) is 3.71. The average molecular weight is 237 g/mol. The molecule has 0 aliphatic rings. The molecule has 0 saturated carbocycles. The van der Waals surface area contributed by atoms with Crippen molar-refractivity contribution in [1.29, 1.82) is 0 Å². The summed E-state index contributed by atoms with van der Waals surface area (Å²) in [5.74, 6) is 0. The number of hydrogen-bond acceptors (Lipinski definition) is 4. The molecule has 5 nitrogen and oxygen atoms in total. The van der Waals surface area contributed by atoms with Gasteiger partial charge in [-0.3, -0.25) is 10.1 Å². The predicted octanol–water partition coefficient (Wildman–Crippen LogP) is 2.77. The van der Waals surface area contributed by atoms with E-state index in [1.807, 2.05) is 20.8 Å². The summed E-state index contributed by atoms with van der Waals surface area (Å²) in [6, 6.07) is 3.23. The molecule has 0 aliphatic carbocycles. The van der Waals surface area contributed by atoms with Crippen LogP contribution in [-0.2, 0) is 0 Å². The third-order valence-electron chi connectivity index (χ3n) is 2.62. The van der Waals surface area contributed by atoms with Crippen LogP contribution in [0.1, 0.15) is 17.0 Å². The number of hydrogen-bond donors (Lipinski definition) is 0. The first kappa shape index (κ1) is 10.8. The van der Waals surface area contributed by atoms with E-state index in [0.717, 1.165) is 33.3 Å². The molecule has 0 fully saturated rings. The Kier molecular flexibility index (Phi) is 2.51. The number of nitrogens with zero attached hydrogens (tertiary/aromatic N) is 3. The topological polar surface area (TPSA) is 61.0 Å². The summed E-state index contributed by atoms with van der Waals surface area (Å²) in [6.45, 7) is 5.89. The summed E-state index contributed by atoms with van der Waals surface area (Å²) in [7, 11) is 0. The highest BCUT2D eigenvalue weighted by atomic mass is 32.1. The molecule has 2 rings (SSSR count). The maximum atomic E-state index is 10.6. The van der Waals surface area contributed by atoms with Crippen molar-refractivity contribution in [3.05, 3.63) is 39.2 Å². The Balaban J connectivity index is 2.50. The SMILES string of the molecule is Cc1nn(-c2ccc([N+](=O)[O-])s2)c(C)c1C. The van der Waals surface area contributed by atoms with Gasteiger partial charge >= 0.3 is 5.00 Å². The van der Waals surface area contributed by atoms with E-state index in [-0.39, 0.29) is 9.92 Å². The van der Waals surface area contributed by atoms with Crippen molar-refractivity contribution in [2.24, 2.45) is 0 Å². The van der Waals surface area contributed by atoms with Crippen LogP contribution in [0.15, 0.2) is 12.1 Å². The molecule has 2 heterocycles. The molecule has 0 unspecified atom stereocenters. The zero-order valence-electron chi connectivity index (χ0n) is 9.22. The smallest absolute Gasteiger partial charge is 0.258 e. The van der Waals surface area contributed by atoms with Gasteiger partial charge in [0.25, 0.3) is 0 Å². The molecule has 0 aromatic carbocycles. The van der Waals surface area contributed by atoms with Gasteiger partial charge in [0.05, 0.1) is 10.6 Å². The molecule has 0 atom stereocenters. The van der Waals surface area contributed by atoms with Crippen molar-refractivity contribution in [2.75, 3.05) is 0 Å². The van der Waals surface area contributed by atoms with E-state index < -0.39 is 0 Å². The Morgan fingerprint density at radius 3 is 2.50 bits per heavy atom. The van der Waals surface area contributed by atoms with Crippen LogP contribution in [0, 0.1) is 30.9 Å². The maximum Gasteiger partial charge on any atom is 0.326 e. The van der Waals surface area contributed by atoms with E-state index in [1.165, 1.54) is 6.07 Å². The van der Waals surface area contributed by atoms with Crippen molar-refractivity contribution < 1.29 is 4.92 Å². The third kappa shape index (κ3) is 1.61. The van der Waals surface area contributed by atoms with Gasteiger partial charge in [0.1, 0.15) is 5.00 Å². The molecule has 0 aliphatic heterocycles. The minimum absolute atomic E-state index is 0.139. The van der Waals surface area contributed by atoms with Crippen LogP contribution >= 0.6 is 11.3 Å². The van der Waals surface area contributed by atoms with E-state index in [4.69, 9.17) is 0 Å². The van der Waals surface area contributed by atoms with Crippen LogP contribution in [0.4, 0.5) is 5.00 Å². The zero-order chi connectivity index (χ0) is 11.9. The van der Waals surface area contributed by atoms with Crippen molar-refractivity contribution in [1.82, 2.24) is 9.78 Å². The molecule has 0 amide bonds. The first-order valence-corrected chi connectivity index (χ1v) is 5.60. The molecule has 0 bridgehead atoms. The number of rotatable bonds is 2. The van der Waals surface area contributed by atoms with Gasteiger partial charge in [-0.2, -0.15) is 5.10 Å². The van der Waals surface area contributed by atoms with Gasteiger partial charge in [0, 0.05) is 11.8 Å². The van der Waals surface area contributed by atoms with E-state index in [1.54, 1.807) is 10.7 Å².